The molecule has 0 fully saturated rings. The summed E-state index contributed by atoms with van der Waals surface area (Å²) in [5.74, 6) is 0.618. The van der Waals surface area contributed by atoms with E-state index < -0.39 is 18.0 Å². The Morgan fingerprint density at radius 3 is 2.70 bits per heavy atom. The Bertz CT molecular complexity index is 594. The molecule has 1 N–H and O–H groups in total. The number of aryl methyl sites for hydroxylation is 1. The van der Waals surface area contributed by atoms with Gasteiger partial charge in [0.1, 0.15) is 5.76 Å². The maximum Gasteiger partial charge on any atom is 0.415 e. The van der Waals surface area contributed by atoms with E-state index in [0.29, 0.717) is 16.7 Å². The Morgan fingerprint density at radius 2 is 2.15 bits per heavy atom. The third kappa shape index (κ3) is 2.98. The molecule has 0 spiro atoms. The lowest BCUT2D eigenvalue weighted by Gasteiger charge is -2.13. The fourth-order valence-corrected chi connectivity index (χ4v) is 2.41. The maximum absolute atomic E-state index is 12.2. The Kier molecular flexibility index (Phi) is 4.09. The van der Waals surface area contributed by atoms with Crippen LogP contribution in [0, 0.1) is 6.92 Å². The molecule has 1 atom stereocenters. The second kappa shape index (κ2) is 5.49. The topological polar surface area (TPSA) is 64.1 Å². The molecular formula is C11H12F3N3O2S. The molecule has 0 radical (unpaired) electrons. The van der Waals surface area contributed by atoms with Gasteiger partial charge in [0.25, 0.3) is 0 Å². The summed E-state index contributed by atoms with van der Waals surface area (Å²) in [6.45, 7) is 1.75. The number of thioether (sulfide) groups is 1. The molecule has 110 valence electrons. The summed E-state index contributed by atoms with van der Waals surface area (Å²) >= 11 is 0.795. The molecule has 2 heterocycles. The van der Waals surface area contributed by atoms with Crippen molar-refractivity contribution in [2.45, 2.75) is 24.4 Å². The van der Waals surface area contributed by atoms with Crippen molar-refractivity contribution in [1.29, 1.82) is 0 Å². The largest absolute Gasteiger partial charge is 0.469 e. The standard InChI is InChI=1S/C11H12F3N3O2S/c1-6-7(3-4-19-6)9-15-16-10(17(9)2)20-5-8(18)11(12,13)14/h3-4,8,18H,5H2,1-2H3. The van der Waals surface area contributed by atoms with Crippen LogP contribution in [0.3, 0.4) is 0 Å². The van der Waals surface area contributed by atoms with Crippen LogP contribution in [0.1, 0.15) is 5.76 Å². The minimum absolute atomic E-state index is 0.295. The normalized spacial score (nSPS) is 13.7. The van der Waals surface area contributed by atoms with Crippen LogP contribution in [0.5, 0.6) is 0 Å². The highest BCUT2D eigenvalue weighted by Crippen LogP contribution is 2.28. The van der Waals surface area contributed by atoms with Gasteiger partial charge in [0.15, 0.2) is 17.1 Å². The molecule has 0 aliphatic carbocycles. The average molecular weight is 307 g/mol. The van der Waals surface area contributed by atoms with Crippen molar-refractivity contribution >= 4 is 11.8 Å². The lowest BCUT2D eigenvalue weighted by molar-refractivity contribution is -0.195. The first-order chi connectivity index (χ1) is 9.30. The van der Waals surface area contributed by atoms with Crippen LogP contribution in [0.25, 0.3) is 11.4 Å². The first kappa shape index (κ1) is 14.9. The van der Waals surface area contributed by atoms with E-state index in [1.165, 1.54) is 6.26 Å². The van der Waals surface area contributed by atoms with Gasteiger partial charge < -0.3 is 14.1 Å². The van der Waals surface area contributed by atoms with Gasteiger partial charge in [0.05, 0.1) is 11.8 Å². The van der Waals surface area contributed by atoms with Gasteiger partial charge in [-0.15, -0.1) is 10.2 Å². The summed E-state index contributed by atoms with van der Waals surface area (Å²) in [5, 5.41) is 17.0. The Hall–Kier alpha value is -1.48. The zero-order valence-electron chi connectivity index (χ0n) is 10.7. The van der Waals surface area contributed by atoms with Crippen LogP contribution in [0.2, 0.25) is 0 Å². The highest BCUT2D eigenvalue weighted by atomic mass is 32.2. The van der Waals surface area contributed by atoms with Crippen molar-refractivity contribution in [3.05, 3.63) is 18.1 Å². The molecule has 1 unspecified atom stereocenters. The van der Waals surface area contributed by atoms with Gasteiger partial charge in [0.2, 0.25) is 0 Å². The Morgan fingerprint density at radius 1 is 1.45 bits per heavy atom. The van der Waals surface area contributed by atoms with Gasteiger partial charge in [0, 0.05) is 12.8 Å². The molecule has 0 saturated carbocycles. The number of halogens is 3. The van der Waals surface area contributed by atoms with Crippen LogP contribution in [0.15, 0.2) is 21.9 Å². The van der Waals surface area contributed by atoms with Crippen molar-refractivity contribution < 1.29 is 22.7 Å². The van der Waals surface area contributed by atoms with E-state index in [4.69, 9.17) is 9.52 Å². The minimum Gasteiger partial charge on any atom is -0.469 e. The van der Waals surface area contributed by atoms with Gasteiger partial charge in [-0.05, 0) is 13.0 Å². The van der Waals surface area contributed by atoms with Crippen LogP contribution < -0.4 is 0 Å². The third-order valence-corrected chi connectivity index (χ3v) is 3.78. The second-order valence-electron chi connectivity index (χ2n) is 4.12. The third-order valence-electron chi connectivity index (χ3n) is 2.68. The number of aliphatic hydroxyl groups is 1. The zero-order valence-corrected chi connectivity index (χ0v) is 11.5. The second-order valence-corrected chi connectivity index (χ2v) is 5.11. The molecule has 0 aliphatic heterocycles. The monoisotopic (exact) mass is 307 g/mol. The number of hydrogen-bond donors (Lipinski definition) is 1. The first-order valence-electron chi connectivity index (χ1n) is 5.62. The van der Waals surface area contributed by atoms with E-state index in [0.717, 1.165) is 17.3 Å². The fraction of sp³-hybridized carbons (Fsp3) is 0.455. The number of hydrogen-bond acceptors (Lipinski definition) is 5. The smallest absolute Gasteiger partial charge is 0.415 e. The first-order valence-corrected chi connectivity index (χ1v) is 6.60. The summed E-state index contributed by atoms with van der Waals surface area (Å²) in [5.41, 5.74) is 0.725. The predicted octanol–water partition coefficient (Wildman–Crippen LogP) is 2.40. The number of rotatable bonds is 4. The van der Waals surface area contributed by atoms with E-state index in [2.05, 4.69) is 10.2 Å². The van der Waals surface area contributed by atoms with Gasteiger partial charge in [-0.3, -0.25) is 0 Å². The van der Waals surface area contributed by atoms with Crippen LogP contribution in [-0.4, -0.2) is 37.9 Å². The zero-order chi connectivity index (χ0) is 14.9. The van der Waals surface area contributed by atoms with Crippen molar-refractivity contribution in [3.8, 4) is 11.4 Å². The minimum atomic E-state index is -4.63. The van der Waals surface area contributed by atoms with Gasteiger partial charge in [-0.2, -0.15) is 13.2 Å². The lowest BCUT2D eigenvalue weighted by atomic mass is 10.2. The molecule has 0 amide bonds. The van der Waals surface area contributed by atoms with Crippen molar-refractivity contribution in [1.82, 2.24) is 14.8 Å². The van der Waals surface area contributed by atoms with Crippen LogP contribution in [0.4, 0.5) is 13.2 Å². The molecule has 9 heteroatoms. The molecule has 0 aromatic carbocycles. The lowest BCUT2D eigenvalue weighted by Crippen LogP contribution is -2.30. The number of aliphatic hydroxyl groups excluding tert-OH is 1. The summed E-state index contributed by atoms with van der Waals surface area (Å²) in [7, 11) is 1.64. The molecule has 0 aliphatic rings. The highest BCUT2D eigenvalue weighted by Gasteiger charge is 2.38. The SMILES string of the molecule is Cc1occc1-c1nnc(SCC(O)C(F)(F)F)n1C. The van der Waals surface area contributed by atoms with Crippen molar-refractivity contribution in [3.63, 3.8) is 0 Å². The van der Waals surface area contributed by atoms with E-state index in [1.807, 2.05) is 0 Å². The number of furan rings is 1. The van der Waals surface area contributed by atoms with Gasteiger partial charge in [-0.25, -0.2) is 0 Å². The van der Waals surface area contributed by atoms with E-state index in [1.54, 1.807) is 24.6 Å². The quantitative estimate of drug-likeness (QED) is 0.879. The van der Waals surface area contributed by atoms with Gasteiger partial charge in [-0.1, -0.05) is 11.8 Å². The van der Waals surface area contributed by atoms with Crippen molar-refractivity contribution in [2.75, 3.05) is 5.75 Å². The predicted molar refractivity (Wildman–Crippen MR) is 66.2 cm³/mol. The number of aromatic nitrogens is 3. The molecular weight excluding hydrogens is 295 g/mol. The van der Waals surface area contributed by atoms with E-state index >= 15 is 0 Å². The van der Waals surface area contributed by atoms with Crippen LogP contribution >= 0.6 is 11.8 Å². The Labute approximate surface area is 116 Å². The average Bonchev–Trinajstić information content (AvgIpc) is 2.91. The Balaban J connectivity index is 2.12. The number of alkyl halides is 3. The van der Waals surface area contributed by atoms with E-state index in [9.17, 15) is 13.2 Å². The molecule has 2 rings (SSSR count). The number of nitrogens with zero attached hydrogens (tertiary/aromatic N) is 3. The molecule has 2 aromatic heterocycles. The molecule has 5 nitrogen and oxygen atoms in total. The summed E-state index contributed by atoms with van der Waals surface area (Å²) in [6.07, 6.45) is -5.52. The summed E-state index contributed by atoms with van der Waals surface area (Å²) in [6, 6.07) is 1.71. The van der Waals surface area contributed by atoms with Crippen LogP contribution in [-0.2, 0) is 7.05 Å². The fourth-order valence-electron chi connectivity index (χ4n) is 1.54. The summed E-state index contributed by atoms with van der Waals surface area (Å²) < 4.78 is 43.4. The van der Waals surface area contributed by atoms with Gasteiger partial charge >= 0.3 is 6.18 Å². The summed E-state index contributed by atoms with van der Waals surface area (Å²) in [4.78, 5) is 0. The van der Waals surface area contributed by atoms with Crippen molar-refractivity contribution in [2.24, 2.45) is 7.05 Å². The molecule has 0 saturated heterocycles. The molecule has 20 heavy (non-hydrogen) atoms. The maximum atomic E-state index is 12.2. The molecule has 2 aromatic rings. The molecule has 0 bridgehead atoms. The highest BCUT2D eigenvalue weighted by molar-refractivity contribution is 7.99. The van der Waals surface area contributed by atoms with E-state index in [-0.39, 0.29) is 0 Å².